The van der Waals surface area contributed by atoms with Crippen LogP contribution in [0.4, 0.5) is 0 Å². The van der Waals surface area contributed by atoms with Crippen molar-refractivity contribution >= 4 is 5.91 Å². The van der Waals surface area contributed by atoms with Gasteiger partial charge >= 0.3 is 0 Å². The molecule has 1 fully saturated rings. The van der Waals surface area contributed by atoms with E-state index in [0.717, 1.165) is 12.8 Å². The number of amides is 1. The first-order chi connectivity index (χ1) is 10.0. The van der Waals surface area contributed by atoms with Gasteiger partial charge in [-0.1, -0.05) is 26.0 Å². The van der Waals surface area contributed by atoms with Crippen LogP contribution in [0.15, 0.2) is 24.3 Å². The van der Waals surface area contributed by atoms with Gasteiger partial charge in [0.05, 0.1) is 11.7 Å². The lowest BCUT2D eigenvalue weighted by Crippen LogP contribution is -2.35. The average molecular weight is 291 g/mol. The summed E-state index contributed by atoms with van der Waals surface area (Å²) in [7, 11) is 0. The molecule has 4 nitrogen and oxygen atoms in total. The standard InChI is InChI=1S/C17H25NO3/c1-17(2,10-11-19)12-18-16(20)14-8-3-4-9-15(14)21-13-6-5-7-13/h3-4,8-9,13,19H,5-7,10-12H2,1-2H3,(H,18,20). The Hall–Kier alpha value is -1.55. The minimum atomic E-state index is -0.117. The highest BCUT2D eigenvalue weighted by molar-refractivity contribution is 5.96. The Morgan fingerprint density at radius 3 is 2.71 bits per heavy atom. The molecule has 0 saturated heterocycles. The second-order valence-corrected chi connectivity index (χ2v) is 6.49. The van der Waals surface area contributed by atoms with E-state index in [-0.39, 0.29) is 24.0 Å². The number of aliphatic hydroxyl groups excluding tert-OH is 1. The average Bonchev–Trinajstić information content (AvgIpc) is 2.41. The smallest absolute Gasteiger partial charge is 0.255 e. The molecular formula is C17H25NO3. The summed E-state index contributed by atoms with van der Waals surface area (Å²) in [5.74, 6) is 0.551. The molecule has 0 bridgehead atoms. The minimum absolute atomic E-state index is 0.115. The van der Waals surface area contributed by atoms with Gasteiger partial charge in [0.1, 0.15) is 5.75 Å². The number of carbonyl (C=O) groups is 1. The molecule has 1 aromatic rings. The Labute approximate surface area is 126 Å². The van der Waals surface area contributed by atoms with Gasteiger partial charge in [0, 0.05) is 13.2 Å². The molecule has 1 aliphatic rings. The number of carbonyl (C=O) groups excluding carboxylic acids is 1. The van der Waals surface area contributed by atoms with E-state index in [4.69, 9.17) is 9.84 Å². The van der Waals surface area contributed by atoms with Crippen LogP contribution in [0.3, 0.4) is 0 Å². The Balaban J connectivity index is 1.98. The zero-order valence-electron chi connectivity index (χ0n) is 12.9. The molecule has 0 spiro atoms. The highest BCUT2D eigenvalue weighted by Gasteiger charge is 2.23. The van der Waals surface area contributed by atoms with E-state index in [1.54, 1.807) is 6.07 Å². The van der Waals surface area contributed by atoms with Gasteiger partial charge in [-0.2, -0.15) is 0 Å². The zero-order valence-corrected chi connectivity index (χ0v) is 12.9. The molecule has 1 aromatic carbocycles. The maximum atomic E-state index is 12.4. The van der Waals surface area contributed by atoms with E-state index in [2.05, 4.69) is 5.32 Å². The van der Waals surface area contributed by atoms with Crippen molar-refractivity contribution in [1.82, 2.24) is 5.32 Å². The molecule has 0 aromatic heterocycles. The van der Waals surface area contributed by atoms with Gasteiger partial charge in [-0.25, -0.2) is 0 Å². The minimum Gasteiger partial charge on any atom is -0.490 e. The third-order valence-electron chi connectivity index (χ3n) is 3.99. The van der Waals surface area contributed by atoms with Crippen molar-refractivity contribution in [2.75, 3.05) is 13.2 Å². The molecule has 1 saturated carbocycles. The van der Waals surface area contributed by atoms with E-state index >= 15 is 0 Å². The number of ether oxygens (including phenoxy) is 1. The summed E-state index contributed by atoms with van der Waals surface area (Å²) in [6.45, 7) is 4.72. The molecule has 0 unspecified atom stereocenters. The Bertz CT molecular complexity index is 481. The fraction of sp³-hybridized carbons (Fsp3) is 0.588. The van der Waals surface area contributed by atoms with Crippen LogP contribution in [0.25, 0.3) is 0 Å². The number of para-hydroxylation sites is 1. The van der Waals surface area contributed by atoms with Gasteiger partial charge in [0.25, 0.3) is 5.91 Å². The van der Waals surface area contributed by atoms with E-state index in [0.29, 0.717) is 24.3 Å². The van der Waals surface area contributed by atoms with Crippen LogP contribution in [0.2, 0.25) is 0 Å². The molecule has 1 amide bonds. The molecule has 2 rings (SSSR count). The van der Waals surface area contributed by atoms with Crippen LogP contribution in [-0.4, -0.2) is 30.3 Å². The predicted octanol–water partition coefficient (Wildman–Crippen LogP) is 2.76. The van der Waals surface area contributed by atoms with Crippen molar-refractivity contribution in [3.05, 3.63) is 29.8 Å². The van der Waals surface area contributed by atoms with Crippen LogP contribution in [0.1, 0.15) is 49.9 Å². The van der Waals surface area contributed by atoms with Crippen LogP contribution in [0.5, 0.6) is 5.75 Å². The molecular weight excluding hydrogens is 266 g/mol. The fourth-order valence-electron chi connectivity index (χ4n) is 2.23. The lowest BCUT2D eigenvalue weighted by molar-refractivity contribution is 0.0904. The summed E-state index contributed by atoms with van der Waals surface area (Å²) < 4.78 is 5.88. The van der Waals surface area contributed by atoms with Gasteiger partial charge in [-0.3, -0.25) is 4.79 Å². The number of benzene rings is 1. The molecule has 0 atom stereocenters. The third-order valence-corrected chi connectivity index (χ3v) is 3.99. The summed E-state index contributed by atoms with van der Waals surface area (Å²) >= 11 is 0. The number of hydrogen-bond donors (Lipinski definition) is 2. The maximum Gasteiger partial charge on any atom is 0.255 e. The van der Waals surface area contributed by atoms with Crippen LogP contribution < -0.4 is 10.1 Å². The lowest BCUT2D eigenvalue weighted by atomic mass is 9.89. The number of hydrogen-bond acceptors (Lipinski definition) is 3. The Kier molecular flexibility index (Phi) is 5.23. The summed E-state index contributed by atoms with van der Waals surface area (Å²) in [6.07, 6.45) is 4.26. The van der Waals surface area contributed by atoms with Crippen molar-refractivity contribution in [1.29, 1.82) is 0 Å². The molecule has 0 aliphatic heterocycles. The second kappa shape index (κ2) is 6.94. The highest BCUT2D eigenvalue weighted by atomic mass is 16.5. The van der Waals surface area contributed by atoms with Gasteiger partial charge in [0.15, 0.2) is 0 Å². The van der Waals surface area contributed by atoms with Gasteiger partial charge in [0.2, 0.25) is 0 Å². The fourth-order valence-corrected chi connectivity index (χ4v) is 2.23. The first-order valence-electron chi connectivity index (χ1n) is 7.66. The summed E-state index contributed by atoms with van der Waals surface area (Å²) in [5.41, 5.74) is 0.470. The van der Waals surface area contributed by atoms with Crippen LogP contribution in [0, 0.1) is 5.41 Å². The molecule has 21 heavy (non-hydrogen) atoms. The third kappa shape index (κ3) is 4.46. The van der Waals surface area contributed by atoms with Crippen molar-refractivity contribution in [3.8, 4) is 5.75 Å². The van der Waals surface area contributed by atoms with Crippen molar-refractivity contribution in [2.45, 2.75) is 45.6 Å². The largest absolute Gasteiger partial charge is 0.490 e. The van der Waals surface area contributed by atoms with Crippen molar-refractivity contribution in [3.63, 3.8) is 0 Å². The molecule has 2 N–H and O–H groups in total. The van der Waals surface area contributed by atoms with Gasteiger partial charge in [-0.05, 0) is 43.2 Å². The first kappa shape index (κ1) is 15.8. The monoisotopic (exact) mass is 291 g/mol. The Morgan fingerprint density at radius 2 is 2.10 bits per heavy atom. The first-order valence-corrected chi connectivity index (χ1v) is 7.66. The van der Waals surface area contributed by atoms with Gasteiger partial charge < -0.3 is 15.2 Å². The predicted molar refractivity (Wildman–Crippen MR) is 82.5 cm³/mol. The normalized spacial score (nSPS) is 15.4. The van der Waals surface area contributed by atoms with Crippen molar-refractivity contribution in [2.24, 2.45) is 5.41 Å². The zero-order chi connectivity index (χ0) is 15.3. The summed E-state index contributed by atoms with van der Waals surface area (Å²) in [4.78, 5) is 12.4. The van der Waals surface area contributed by atoms with E-state index in [1.807, 2.05) is 32.0 Å². The number of rotatable bonds is 7. The second-order valence-electron chi connectivity index (χ2n) is 6.49. The number of aliphatic hydroxyl groups is 1. The lowest BCUT2D eigenvalue weighted by Gasteiger charge is -2.28. The van der Waals surface area contributed by atoms with Gasteiger partial charge in [-0.15, -0.1) is 0 Å². The summed E-state index contributed by atoms with van der Waals surface area (Å²) in [6, 6.07) is 7.39. The maximum absolute atomic E-state index is 12.4. The van der Waals surface area contributed by atoms with Crippen molar-refractivity contribution < 1.29 is 14.6 Å². The topological polar surface area (TPSA) is 58.6 Å². The van der Waals surface area contributed by atoms with E-state index in [9.17, 15) is 4.79 Å². The summed E-state index contributed by atoms with van der Waals surface area (Å²) in [5, 5.41) is 12.0. The van der Waals surface area contributed by atoms with E-state index < -0.39 is 0 Å². The molecule has 0 heterocycles. The molecule has 0 radical (unpaired) electrons. The highest BCUT2D eigenvalue weighted by Crippen LogP contribution is 2.27. The molecule has 116 valence electrons. The Morgan fingerprint density at radius 1 is 1.38 bits per heavy atom. The number of nitrogens with one attached hydrogen (secondary N) is 1. The SMILES string of the molecule is CC(C)(CCO)CNC(=O)c1ccccc1OC1CCC1. The molecule has 4 heteroatoms. The van der Waals surface area contributed by atoms with Crippen LogP contribution in [-0.2, 0) is 0 Å². The molecule has 1 aliphatic carbocycles. The van der Waals surface area contributed by atoms with Crippen LogP contribution >= 0.6 is 0 Å². The van der Waals surface area contributed by atoms with E-state index in [1.165, 1.54) is 6.42 Å². The quantitative estimate of drug-likeness (QED) is 0.812.